The summed E-state index contributed by atoms with van der Waals surface area (Å²) in [4.78, 5) is 38.8. The topological polar surface area (TPSA) is 75.7 Å². The van der Waals surface area contributed by atoms with Gasteiger partial charge in [-0.3, -0.25) is 19.3 Å². The van der Waals surface area contributed by atoms with Gasteiger partial charge in [-0.15, -0.1) is 0 Å². The van der Waals surface area contributed by atoms with Crippen LogP contribution in [0.5, 0.6) is 11.5 Å². The van der Waals surface area contributed by atoms with Crippen LogP contribution < -0.4 is 10.1 Å². The molecule has 3 aromatic carbocycles. The first-order chi connectivity index (χ1) is 14.4. The molecule has 6 heteroatoms. The van der Waals surface area contributed by atoms with Crippen molar-refractivity contribution in [3.8, 4) is 11.5 Å². The van der Waals surface area contributed by atoms with Gasteiger partial charge in [0.1, 0.15) is 17.5 Å². The molecular weight excluding hydrogens is 380 g/mol. The summed E-state index contributed by atoms with van der Waals surface area (Å²) in [5.41, 5.74) is 2.28. The molecule has 0 spiro atoms. The zero-order valence-electron chi connectivity index (χ0n) is 16.6. The maximum atomic E-state index is 12.7. The maximum Gasteiger partial charge on any atom is 0.262 e. The van der Waals surface area contributed by atoms with Gasteiger partial charge in [-0.1, -0.05) is 24.3 Å². The molecule has 0 aliphatic carbocycles. The van der Waals surface area contributed by atoms with E-state index in [1.54, 1.807) is 48.5 Å². The molecule has 0 bridgehead atoms. The number of anilines is 1. The number of hydrogen-bond donors (Lipinski definition) is 1. The van der Waals surface area contributed by atoms with E-state index in [0.29, 0.717) is 22.6 Å². The number of hydrogen-bond acceptors (Lipinski definition) is 4. The summed E-state index contributed by atoms with van der Waals surface area (Å²) in [5.74, 6) is -0.00445. The van der Waals surface area contributed by atoms with Crippen LogP contribution in [-0.4, -0.2) is 28.7 Å². The monoisotopic (exact) mass is 400 g/mol. The van der Waals surface area contributed by atoms with Gasteiger partial charge in [-0.25, -0.2) is 0 Å². The molecule has 30 heavy (non-hydrogen) atoms. The lowest BCUT2D eigenvalue weighted by Crippen LogP contribution is -2.45. The van der Waals surface area contributed by atoms with E-state index in [-0.39, 0.29) is 0 Å². The summed E-state index contributed by atoms with van der Waals surface area (Å²) in [5, 5.41) is 2.75. The summed E-state index contributed by atoms with van der Waals surface area (Å²) < 4.78 is 5.80. The van der Waals surface area contributed by atoms with E-state index in [4.69, 9.17) is 4.74 Å². The highest BCUT2D eigenvalue weighted by atomic mass is 16.5. The number of ether oxygens (including phenoxy) is 1. The molecule has 1 aliphatic rings. The molecule has 1 aliphatic heterocycles. The Bertz CT molecular complexity index is 1100. The van der Waals surface area contributed by atoms with E-state index in [2.05, 4.69) is 5.32 Å². The molecule has 0 aromatic heterocycles. The standard InChI is InChI=1S/C24H20N2O4/c1-15-6-5-7-19(14-15)30-18-12-10-17(11-13-18)25-22(27)16(2)26-23(28)20-8-3-4-9-21(20)24(26)29/h3-14,16H,1-2H3,(H,25,27). The van der Waals surface area contributed by atoms with Crippen molar-refractivity contribution in [1.82, 2.24) is 4.90 Å². The van der Waals surface area contributed by atoms with Crippen LogP contribution in [0.25, 0.3) is 0 Å². The van der Waals surface area contributed by atoms with Crippen molar-refractivity contribution in [2.24, 2.45) is 0 Å². The third-order valence-electron chi connectivity index (χ3n) is 4.94. The van der Waals surface area contributed by atoms with Gasteiger partial charge in [0.25, 0.3) is 11.8 Å². The van der Waals surface area contributed by atoms with E-state index >= 15 is 0 Å². The van der Waals surface area contributed by atoms with E-state index in [0.717, 1.165) is 16.2 Å². The van der Waals surface area contributed by atoms with Gasteiger partial charge in [0.2, 0.25) is 5.91 Å². The quantitative estimate of drug-likeness (QED) is 0.644. The van der Waals surface area contributed by atoms with Crippen LogP contribution in [0.15, 0.2) is 72.8 Å². The number of carbonyl (C=O) groups is 3. The molecule has 3 aromatic rings. The minimum atomic E-state index is -0.944. The van der Waals surface area contributed by atoms with Crippen molar-refractivity contribution in [3.63, 3.8) is 0 Å². The van der Waals surface area contributed by atoms with Gasteiger partial charge in [0.05, 0.1) is 11.1 Å². The molecular formula is C24H20N2O4. The van der Waals surface area contributed by atoms with Crippen molar-refractivity contribution in [3.05, 3.63) is 89.5 Å². The average molecular weight is 400 g/mol. The number of carbonyl (C=O) groups excluding carboxylic acids is 3. The Hall–Kier alpha value is -3.93. The van der Waals surface area contributed by atoms with Crippen LogP contribution in [0.4, 0.5) is 5.69 Å². The molecule has 1 heterocycles. The van der Waals surface area contributed by atoms with Gasteiger partial charge < -0.3 is 10.1 Å². The third kappa shape index (κ3) is 3.67. The van der Waals surface area contributed by atoms with Gasteiger partial charge in [0.15, 0.2) is 0 Å². The number of benzene rings is 3. The number of fused-ring (bicyclic) bond motifs is 1. The second-order valence-electron chi connectivity index (χ2n) is 7.13. The Morgan fingerprint density at radius 2 is 1.50 bits per heavy atom. The zero-order valence-corrected chi connectivity index (χ0v) is 16.6. The first-order valence-electron chi connectivity index (χ1n) is 9.56. The minimum absolute atomic E-state index is 0.319. The Labute approximate surface area is 174 Å². The number of aryl methyl sites for hydroxylation is 1. The van der Waals surface area contributed by atoms with Crippen molar-refractivity contribution >= 4 is 23.4 Å². The highest BCUT2D eigenvalue weighted by Gasteiger charge is 2.40. The smallest absolute Gasteiger partial charge is 0.262 e. The Balaban J connectivity index is 1.43. The molecule has 0 saturated carbocycles. The van der Waals surface area contributed by atoms with Crippen LogP contribution in [0.2, 0.25) is 0 Å². The first kappa shape index (κ1) is 19.4. The van der Waals surface area contributed by atoms with Crippen LogP contribution in [0, 0.1) is 6.92 Å². The van der Waals surface area contributed by atoms with Gasteiger partial charge in [-0.2, -0.15) is 0 Å². The molecule has 150 valence electrons. The third-order valence-corrected chi connectivity index (χ3v) is 4.94. The average Bonchev–Trinajstić information content (AvgIpc) is 2.99. The van der Waals surface area contributed by atoms with Gasteiger partial charge >= 0.3 is 0 Å². The van der Waals surface area contributed by atoms with Crippen molar-refractivity contribution < 1.29 is 19.1 Å². The Morgan fingerprint density at radius 3 is 2.10 bits per heavy atom. The van der Waals surface area contributed by atoms with Crippen LogP contribution >= 0.6 is 0 Å². The molecule has 3 amide bonds. The van der Waals surface area contributed by atoms with Crippen LogP contribution in [-0.2, 0) is 4.79 Å². The van der Waals surface area contributed by atoms with Crippen molar-refractivity contribution in [2.45, 2.75) is 19.9 Å². The van der Waals surface area contributed by atoms with Crippen LogP contribution in [0.1, 0.15) is 33.2 Å². The summed E-state index contributed by atoms with van der Waals surface area (Å²) in [7, 11) is 0. The lowest BCUT2D eigenvalue weighted by molar-refractivity contribution is -0.119. The molecule has 1 atom stereocenters. The fourth-order valence-corrected chi connectivity index (χ4v) is 3.34. The van der Waals surface area contributed by atoms with Crippen LogP contribution in [0.3, 0.4) is 0 Å². The summed E-state index contributed by atoms with van der Waals surface area (Å²) >= 11 is 0. The van der Waals surface area contributed by atoms with E-state index in [1.165, 1.54) is 6.92 Å². The van der Waals surface area contributed by atoms with Crippen molar-refractivity contribution in [1.29, 1.82) is 0 Å². The first-order valence-corrected chi connectivity index (χ1v) is 9.56. The maximum absolute atomic E-state index is 12.7. The van der Waals surface area contributed by atoms with E-state index in [9.17, 15) is 14.4 Å². The molecule has 4 rings (SSSR count). The zero-order chi connectivity index (χ0) is 21.3. The Morgan fingerprint density at radius 1 is 0.867 bits per heavy atom. The molecule has 0 radical (unpaired) electrons. The fourth-order valence-electron chi connectivity index (χ4n) is 3.34. The number of nitrogens with one attached hydrogen (secondary N) is 1. The molecule has 0 saturated heterocycles. The SMILES string of the molecule is Cc1cccc(Oc2ccc(NC(=O)C(C)N3C(=O)c4ccccc4C3=O)cc2)c1. The summed E-state index contributed by atoms with van der Waals surface area (Å²) in [6, 6.07) is 20.2. The predicted molar refractivity (Wildman–Crippen MR) is 113 cm³/mol. The fraction of sp³-hybridized carbons (Fsp3) is 0.125. The Kier molecular flexibility index (Phi) is 5.06. The summed E-state index contributed by atoms with van der Waals surface area (Å²) in [6.45, 7) is 3.52. The largest absolute Gasteiger partial charge is 0.457 e. The van der Waals surface area contributed by atoms with Crippen molar-refractivity contribution in [2.75, 3.05) is 5.32 Å². The summed E-state index contributed by atoms with van der Waals surface area (Å²) in [6.07, 6.45) is 0. The second-order valence-corrected chi connectivity index (χ2v) is 7.13. The number of nitrogens with zero attached hydrogens (tertiary/aromatic N) is 1. The van der Waals surface area contributed by atoms with Gasteiger partial charge in [-0.05, 0) is 67.9 Å². The lowest BCUT2D eigenvalue weighted by Gasteiger charge is -2.21. The molecule has 1 N–H and O–H groups in total. The molecule has 6 nitrogen and oxygen atoms in total. The van der Waals surface area contributed by atoms with Gasteiger partial charge in [0, 0.05) is 5.69 Å². The number of imide groups is 1. The van der Waals surface area contributed by atoms with E-state index in [1.807, 2.05) is 31.2 Å². The number of rotatable bonds is 5. The minimum Gasteiger partial charge on any atom is -0.457 e. The normalized spacial score (nSPS) is 13.7. The van der Waals surface area contributed by atoms with E-state index < -0.39 is 23.8 Å². The molecule has 0 fully saturated rings. The molecule has 1 unspecified atom stereocenters. The highest BCUT2D eigenvalue weighted by molar-refractivity contribution is 6.23. The second kappa shape index (κ2) is 7.83. The predicted octanol–water partition coefficient (Wildman–Crippen LogP) is 4.41. The number of amides is 3. The lowest BCUT2D eigenvalue weighted by atomic mass is 10.1. The highest BCUT2D eigenvalue weighted by Crippen LogP contribution is 2.26.